The van der Waals surface area contributed by atoms with Crippen molar-refractivity contribution < 1.29 is 14.2 Å². The number of ether oxygens (including phenoxy) is 3. The molecule has 7 heteroatoms. The number of methoxy groups -OCH3 is 3. The van der Waals surface area contributed by atoms with E-state index in [9.17, 15) is 0 Å². The molecule has 1 unspecified atom stereocenters. The van der Waals surface area contributed by atoms with Gasteiger partial charge in [-0.15, -0.1) is 0 Å². The fourth-order valence-corrected chi connectivity index (χ4v) is 2.27. The van der Waals surface area contributed by atoms with Crippen LogP contribution in [0.15, 0.2) is 28.3 Å². The first-order chi connectivity index (χ1) is 10.3. The molecule has 2 heterocycles. The molecule has 0 amide bonds. The maximum atomic E-state index is 5.37. The predicted molar refractivity (Wildman–Crippen MR) is 80.1 cm³/mol. The predicted octanol–water partition coefficient (Wildman–Crippen LogP) is 0.970. The second-order valence-electron chi connectivity index (χ2n) is 4.49. The van der Waals surface area contributed by atoms with E-state index in [0.29, 0.717) is 17.2 Å². The maximum Gasteiger partial charge on any atom is 0.203 e. The van der Waals surface area contributed by atoms with Crippen LogP contribution >= 0.6 is 0 Å². The van der Waals surface area contributed by atoms with E-state index < -0.39 is 0 Å². The van der Waals surface area contributed by atoms with Gasteiger partial charge in [0, 0.05) is 11.8 Å². The molecule has 0 spiro atoms. The topological polar surface area (TPSA) is 76.5 Å². The average molecular weight is 288 g/mol. The van der Waals surface area contributed by atoms with Gasteiger partial charge >= 0.3 is 0 Å². The lowest BCUT2D eigenvalue weighted by Crippen LogP contribution is -2.34. The molecule has 2 aliphatic heterocycles. The SMILES string of the molecule is COc1cc(C2=CC3=NNNC3N=C2)cc(OC)c1OC. The second kappa shape index (κ2) is 5.45. The quantitative estimate of drug-likeness (QED) is 0.863. The molecule has 0 bridgehead atoms. The van der Waals surface area contributed by atoms with Crippen LogP contribution < -0.4 is 25.2 Å². The number of nitrogens with zero attached hydrogens (tertiary/aromatic N) is 2. The first kappa shape index (κ1) is 13.4. The fourth-order valence-electron chi connectivity index (χ4n) is 2.27. The minimum absolute atomic E-state index is 0.129. The van der Waals surface area contributed by atoms with E-state index in [0.717, 1.165) is 16.8 Å². The first-order valence-corrected chi connectivity index (χ1v) is 6.40. The van der Waals surface area contributed by atoms with Crippen molar-refractivity contribution in [2.24, 2.45) is 10.1 Å². The van der Waals surface area contributed by atoms with Crippen LogP contribution in [-0.2, 0) is 0 Å². The van der Waals surface area contributed by atoms with Gasteiger partial charge in [0.2, 0.25) is 5.75 Å². The Morgan fingerprint density at radius 3 is 2.38 bits per heavy atom. The number of dihydropyridines is 1. The molecule has 1 atom stereocenters. The van der Waals surface area contributed by atoms with Crippen LogP contribution in [0, 0.1) is 0 Å². The summed E-state index contributed by atoms with van der Waals surface area (Å²) >= 11 is 0. The Bertz CT molecular complexity index is 627. The number of fused-ring (bicyclic) bond motifs is 1. The minimum atomic E-state index is -0.129. The molecule has 2 N–H and O–H groups in total. The summed E-state index contributed by atoms with van der Waals surface area (Å²) < 4.78 is 16.1. The number of nitrogens with one attached hydrogen (secondary N) is 2. The molecule has 0 fully saturated rings. The molecule has 7 nitrogen and oxygen atoms in total. The number of allylic oxidation sites excluding steroid dienone is 1. The Balaban J connectivity index is 2.05. The van der Waals surface area contributed by atoms with E-state index in [1.165, 1.54) is 0 Å². The van der Waals surface area contributed by atoms with Crippen molar-refractivity contribution in [2.75, 3.05) is 21.3 Å². The van der Waals surface area contributed by atoms with Gasteiger partial charge in [-0.05, 0) is 23.8 Å². The Morgan fingerprint density at radius 1 is 1.05 bits per heavy atom. The summed E-state index contributed by atoms with van der Waals surface area (Å²) in [6, 6.07) is 3.77. The van der Waals surface area contributed by atoms with Gasteiger partial charge in [0.1, 0.15) is 5.71 Å². The number of hydrogen-bond donors (Lipinski definition) is 2. The molecule has 0 aliphatic carbocycles. The lowest BCUT2D eigenvalue weighted by atomic mass is 10.0. The third kappa shape index (κ3) is 2.31. The Labute approximate surface area is 122 Å². The van der Waals surface area contributed by atoms with Crippen molar-refractivity contribution in [3.8, 4) is 17.2 Å². The molecule has 2 aliphatic rings. The Hall–Kier alpha value is -2.54. The highest BCUT2D eigenvalue weighted by Gasteiger charge is 2.23. The zero-order valence-corrected chi connectivity index (χ0v) is 12.0. The molecule has 0 aromatic heterocycles. The van der Waals surface area contributed by atoms with Crippen molar-refractivity contribution in [1.82, 2.24) is 11.0 Å². The van der Waals surface area contributed by atoms with Gasteiger partial charge in [0.05, 0.1) is 21.3 Å². The van der Waals surface area contributed by atoms with E-state index in [1.807, 2.05) is 18.2 Å². The zero-order chi connectivity index (χ0) is 14.8. The van der Waals surface area contributed by atoms with Gasteiger partial charge in [-0.3, -0.25) is 4.99 Å². The molecule has 21 heavy (non-hydrogen) atoms. The molecule has 0 radical (unpaired) electrons. The highest BCUT2D eigenvalue weighted by Crippen LogP contribution is 2.39. The van der Waals surface area contributed by atoms with E-state index >= 15 is 0 Å². The van der Waals surface area contributed by atoms with Crippen molar-refractivity contribution in [3.05, 3.63) is 23.8 Å². The van der Waals surface area contributed by atoms with Gasteiger partial charge in [0.25, 0.3) is 0 Å². The Morgan fingerprint density at radius 2 is 1.76 bits per heavy atom. The molecular formula is C14H16N4O3. The highest BCUT2D eigenvalue weighted by atomic mass is 16.5. The van der Waals surface area contributed by atoms with Crippen molar-refractivity contribution >= 4 is 17.5 Å². The zero-order valence-electron chi connectivity index (χ0n) is 12.0. The van der Waals surface area contributed by atoms with Gasteiger partial charge in [-0.1, -0.05) is 0 Å². The molecule has 0 saturated carbocycles. The van der Waals surface area contributed by atoms with Crippen LogP contribution in [0.5, 0.6) is 17.2 Å². The van der Waals surface area contributed by atoms with Crippen LogP contribution in [-0.4, -0.2) is 39.4 Å². The fraction of sp³-hybridized carbons (Fsp3) is 0.286. The summed E-state index contributed by atoms with van der Waals surface area (Å²) in [5.74, 6) is 1.78. The van der Waals surface area contributed by atoms with Gasteiger partial charge < -0.3 is 14.2 Å². The van der Waals surface area contributed by atoms with Crippen molar-refractivity contribution in [3.63, 3.8) is 0 Å². The van der Waals surface area contributed by atoms with Gasteiger partial charge in [-0.2, -0.15) is 10.5 Å². The van der Waals surface area contributed by atoms with Crippen LogP contribution in [0.2, 0.25) is 0 Å². The summed E-state index contributed by atoms with van der Waals surface area (Å²) in [6.07, 6.45) is 3.63. The molecule has 0 saturated heterocycles. The minimum Gasteiger partial charge on any atom is -0.493 e. The normalized spacial score (nSPS) is 19.3. The second-order valence-corrected chi connectivity index (χ2v) is 4.49. The number of hydrogen-bond acceptors (Lipinski definition) is 7. The largest absolute Gasteiger partial charge is 0.493 e. The molecule has 1 aromatic rings. The number of rotatable bonds is 4. The molecule has 110 valence electrons. The van der Waals surface area contributed by atoms with Crippen LogP contribution in [0.4, 0.5) is 0 Å². The maximum absolute atomic E-state index is 5.37. The lowest BCUT2D eigenvalue weighted by Gasteiger charge is -2.16. The average Bonchev–Trinajstić information content (AvgIpc) is 3.00. The molecule has 1 aromatic carbocycles. The van der Waals surface area contributed by atoms with Crippen molar-refractivity contribution in [1.29, 1.82) is 0 Å². The summed E-state index contributed by atoms with van der Waals surface area (Å²) in [5, 5.41) is 4.13. The number of aliphatic imine (C=N–C) groups is 1. The third-order valence-electron chi connectivity index (χ3n) is 3.33. The number of benzene rings is 1. The van der Waals surface area contributed by atoms with Crippen LogP contribution in [0.3, 0.4) is 0 Å². The highest BCUT2D eigenvalue weighted by molar-refractivity contribution is 6.21. The standard InChI is InChI=1S/C14H16N4O3/c1-19-11-5-8(6-12(20-2)13(11)21-3)9-4-10-14(15-7-9)17-18-16-10/h4-7,14,17-18H,1-3H3. The number of hydrazine groups is 1. The summed E-state index contributed by atoms with van der Waals surface area (Å²) in [6.45, 7) is 0. The van der Waals surface area contributed by atoms with E-state index in [2.05, 4.69) is 21.1 Å². The summed E-state index contributed by atoms with van der Waals surface area (Å²) in [7, 11) is 4.77. The monoisotopic (exact) mass is 288 g/mol. The van der Waals surface area contributed by atoms with E-state index in [4.69, 9.17) is 14.2 Å². The summed E-state index contributed by atoms with van der Waals surface area (Å²) in [5.41, 5.74) is 8.32. The first-order valence-electron chi connectivity index (χ1n) is 6.40. The molecule has 3 rings (SSSR count). The van der Waals surface area contributed by atoms with Crippen LogP contribution in [0.25, 0.3) is 5.57 Å². The van der Waals surface area contributed by atoms with E-state index in [-0.39, 0.29) is 6.17 Å². The number of hydrazone groups is 1. The lowest BCUT2D eigenvalue weighted by molar-refractivity contribution is 0.324. The van der Waals surface area contributed by atoms with E-state index in [1.54, 1.807) is 27.5 Å². The van der Waals surface area contributed by atoms with Crippen molar-refractivity contribution in [2.45, 2.75) is 6.17 Å². The van der Waals surface area contributed by atoms with Gasteiger partial charge in [0.15, 0.2) is 17.7 Å². The smallest absolute Gasteiger partial charge is 0.203 e. The summed E-state index contributed by atoms with van der Waals surface area (Å²) in [4.78, 5) is 4.39. The van der Waals surface area contributed by atoms with Crippen LogP contribution in [0.1, 0.15) is 5.56 Å². The molecular weight excluding hydrogens is 272 g/mol. The van der Waals surface area contributed by atoms with Gasteiger partial charge in [-0.25, -0.2) is 5.53 Å². The Kier molecular flexibility index (Phi) is 3.49. The third-order valence-corrected chi connectivity index (χ3v) is 3.33.